The smallest absolute Gasteiger partial charge is 0.163 e. The average molecular weight is 415 g/mol. The summed E-state index contributed by atoms with van der Waals surface area (Å²) < 4.78 is 23.8. The predicted octanol–water partition coefficient (Wildman–Crippen LogP) is 4.33. The van der Waals surface area contributed by atoms with E-state index in [9.17, 15) is 5.11 Å². The molecule has 0 bridgehead atoms. The predicted molar refractivity (Wildman–Crippen MR) is 116 cm³/mol. The Morgan fingerprint density at radius 3 is 2.17 bits per heavy atom. The first-order chi connectivity index (χ1) is 14.4. The Kier molecular flexibility index (Phi) is 8.42. The van der Waals surface area contributed by atoms with Gasteiger partial charge in [-0.1, -0.05) is 67.6 Å². The first kappa shape index (κ1) is 22.9. The van der Waals surface area contributed by atoms with Crippen LogP contribution in [0.15, 0.2) is 60.7 Å². The molecule has 3 rings (SSSR count). The maximum absolute atomic E-state index is 10.6. The molecule has 1 N–H and O–H groups in total. The van der Waals surface area contributed by atoms with Gasteiger partial charge in [0.1, 0.15) is 6.10 Å². The largest absolute Gasteiger partial charge is 0.390 e. The molecule has 164 valence electrons. The number of rotatable bonds is 11. The van der Waals surface area contributed by atoms with Gasteiger partial charge in [0.2, 0.25) is 0 Å². The van der Waals surface area contributed by atoms with Crippen LogP contribution in [-0.4, -0.2) is 42.4 Å². The average Bonchev–Trinajstić information content (AvgIpc) is 3.12. The van der Waals surface area contributed by atoms with Gasteiger partial charge in [-0.3, -0.25) is 0 Å². The van der Waals surface area contributed by atoms with E-state index in [-0.39, 0.29) is 24.7 Å². The molecule has 0 unspecified atom stereocenters. The third kappa shape index (κ3) is 7.18. The number of aliphatic hydroxyl groups excluding tert-OH is 1. The lowest BCUT2D eigenvalue weighted by molar-refractivity contribution is -0.161. The van der Waals surface area contributed by atoms with Gasteiger partial charge in [-0.05, 0) is 37.3 Å². The van der Waals surface area contributed by atoms with Crippen molar-refractivity contribution < 1.29 is 24.1 Å². The fourth-order valence-electron chi connectivity index (χ4n) is 3.56. The van der Waals surface area contributed by atoms with Crippen LogP contribution >= 0.6 is 0 Å². The highest BCUT2D eigenvalue weighted by Gasteiger charge is 2.39. The van der Waals surface area contributed by atoms with Gasteiger partial charge in [-0.2, -0.15) is 0 Å². The molecule has 1 aliphatic rings. The zero-order valence-corrected chi connectivity index (χ0v) is 18.2. The molecule has 0 aliphatic carbocycles. The second-order valence-electron chi connectivity index (χ2n) is 8.48. The molecule has 5 heteroatoms. The molecule has 2 aromatic rings. The van der Waals surface area contributed by atoms with Gasteiger partial charge in [0.05, 0.1) is 38.6 Å². The van der Waals surface area contributed by atoms with E-state index in [1.165, 1.54) is 0 Å². The van der Waals surface area contributed by atoms with Crippen LogP contribution in [-0.2, 0) is 32.2 Å². The summed E-state index contributed by atoms with van der Waals surface area (Å²) >= 11 is 0. The van der Waals surface area contributed by atoms with E-state index in [2.05, 4.69) is 0 Å². The Balaban J connectivity index is 1.52. The maximum atomic E-state index is 10.6. The second kappa shape index (κ2) is 11.0. The summed E-state index contributed by atoms with van der Waals surface area (Å²) in [6, 6.07) is 20.1. The van der Waals surface area contributed by atoms with Crippen molar-refractivity contribution in [3.63, 3.8) is 0 Å². The Morgan fingerprint density at radius 1 is 1.00 bits per heavy atom. The monoisotopic (exact) mass is 414 g/mol. The van der Waals surface area contributed by atoms with Gasteiger partial charge in [0, 0.05) is 0 Å². The lowest BCUT2D eigenvalue weighted by atomic mass is 9.95. The van der Waals surface area contributed by atoms with E-state index in [1.807, 2.05) is 81.4 Å². The number of benzene rings is 2. The molecule has 5 nitrogen and oxygen atoms in total. The number of ether oxygens (including phenoxy) is 4. The SMILES string of the molecule is C[C@@H](C[C@H](OCc1ccccc1)[C@H]1COC(C)(C)O1)[C@H](O)COCc1ccccc1. The van der Waals surface area contributed by atoms with Crippen LogP contribution in [0, 0.1) is 5.92 Å². The van der Waals surface area contributed by atoms with Gasteiger partial charge in [0.15, 0.2) is 5.79 Å². The first-order valence-corrected chi connectivity index (χ1v) is 10.7. The summed E-state index contributed by atoms with van der Waals surface area (Å²) in [7, 11) is 0. The third-order valence-electron chi connectivity index (χ3n) is 5.41. The molecule has 0 radical (unpaired) electrons. The molecule has 1 heterocycles. The van der Waals surface area contributed by atoms with Crippen molar-refractivity contribution in [1.29, 1.82) is 0 Å². The highest BCUT2D eigenvalue weighted by molar-refractivity contribution is 5.14. The third-order valence-corrected chi connectivity index (χ3v) is 5.41. The molecular formula is C25H34O5. The van der Waals surface area contributed by atoms with Gasteiger partial charge >= 0.3 is 0 Å². The van der Waals surface area contributed by atoms with Gasteiger partial charge < -0.3 is 24.1 Å². The number of hydrogen-bond donors (Lipinski definition) is 1. The van der Waals surface area contributed by atoms with Crippen LogP contribution in [0.4, 0.5) is 0 Å². The lowest BCUT2D eigenvalue weighted by Crippen LogP contribution is -2.37. The van der Waals surface area contributed by atoms with E-state index in [1.54, 1.807) is 0 Å². The highest BCUT2D eigenvalue weighted by Crippen LogP contribution is 2.29. The number of aliphatic hydroxyl groups is 1. The van der Waals surface area contributed by atoms with E-state index in [4.69, 9.17) is 18.9 Å². The van der Waals surface area contributed by atoms with Crippen molar-refractivity contribution in [2.24, 2.45) is 5.92 Å². The van der Waals surface area contributed by atoms with Gasteiger partial charge in [-0.15, -0.1) is 0 Å². The van der Waals surface area contributed by atoms with E-state index in [0.717, 1.165) is 11.1 Å². The minimum absolute atomic E-state index is 0.00569. The van der Waals surface area contributed by atoms with Crippen molar-refractivity contribution in [2.75, 3.05) is 13.2 Å². The normalized spacial score (nSPS) is 21.3. The van der Waals surface area contributed by atoms with Crippen LogP contribution in [0.1, 0.15) is 38.3 Å². The summed E-state index contributed by atoms with van der Waals surface area (Å²) in [6.45, 7) is 7.62. The fraction of sp³-hybridized carbons (Fsp3) is 0.520. The molecule has 1 fully saturated rings. The topological polar surface area (TPSA) is 57.2 Å². The minimum atomic E-state index is -0.611. The maximum Gasteiger partial charge on any atom is 0.163 e. The fourth-order valence-corrected chi connectivity index (χ4v) is 3.56. The van der Waals surface area contributed by atoms with Crippen molar-refractivity contribution in [1.82, 2.24) is 0 Å². The summed E-state index contributed by atoms with van der Waals surface area (Å²) in [6.07, 6.45) is -0.256. The van der Waals surface area contributed by atoms with E-state index < -0.39 is 11.9 Å². The number of hydrogen-bond acceptors (Lipinski definition) is 5. The molecular weight excluding hydrogens is 380 g/mol. The molecule has 4 atom stereocenters. The standard InChI is InChI=1S/C25H34O5/c1-19(22(26)17-27-15-20-10-6-4-7-11-20)14-23(24-18-29-25(2,3)30-24)28-16-21-12-8-5-9-13-21/h4-13,19,22-24,26H,14-18H2,1-3H3/t19-,22+,23-,24+/m0/s1. The van der Waals surface area contributed by atoms with Crippen molar-refractivity contribution in [3.8, 4) is 0 Å². The van der Waals surface area contributed by atoms with Crippen LogP contribution in [0.5, 0.6) is 0 Å². The molecule has 2 aromatic carbocycles. The van der Waals surface area contributed by atoms with E-state index >= 15 is 0 Å². The summed E-state index contributed by atoms with van der Waals surface area (Å²) in [5, 5.41) is 10.6. The van der Waals surface area contributed by atoms with Crippen molar-refractivity contribution in [2.45, 2.75) is 64.5 Å². The summed E-state index contributed by atoms with van der Waals surface area (Å²) in [5.41, 5.74) is 2.21. The minimum Gasteiger partial charge on any atom is -0.390 e. The quantitative estimate of drug-likeness (QED) is 0.593. The zero-order chi connectivity index (χ0) is 21.4. The summed E-state index contributed by atoms with van der Waals surface area (Å²) in [5.74, 6) is -0.617. The van der Waals surface area contributed by atoms with Crippen molar-refractivity contribution >= 4 is 0 Å². The van der Waals surface area contributed by atoms with Gasteiger partial charge in [0.25, 0.3) is 0 Å². The zero-order valence-electron chi connectivity index (χ0n) is 18.2. The Bertz CT molecular complexity index is 734. The summed E-state index contributed by atoms with van der Waals surface area (Å²) in [4.78, 5) is 0. The molecule has 1 saturated heterocycles. The molecule has 0 saturated carbocycles. The van der Waals surface area contributed by atoms with Crippen LogP contribution in [0.2, 0.25) is 0 Å². The van der Waals surface area contributed by atoms with Crippen LogP contribution < -0.4 is 0 Å². The Labute approximate surface area is 179 Å². The van der Waals surface area contributed by atoms with Crippen LogP contribution in [0.25, 0.3) is 0 Å². The van der Waals surface area contributed by atoms with E-state index in [0.29, 0.717) is 26.2 Å². The second-order valence-corrected chi connectivity index (χ2v) is 8.48. The lowest BCUT2D eigenvalue weighted by Gasteiger charge is -2.28. The van der Waals surface area contributed by atoms with Crippen molar-refractivity contribution in [3.05, 3.63) is 71.8 Å². The Hall–Kier alpha value is -1.76. The van der Waals surface area contributed by atoms with Crippen LogP contribution in [0.3, 0.4) is 0 Å². The molecule has 1 aliphatic heterocycles. The first-order valence-electron chi connectivity index (χ1n) is 10.7. The molecule has 30 heavy (non-hydrogen) atoms. The van der Waals surface area contributed by atoms with Gasteiger partial charge in [-0.25, -0.2) is 0 Å². The highest BCUT2D eigenvalue weighted by atomic mass is 16.7. The molecule has 0 spiro atoms. The Morgan fingerprint density at radius 2 is 1.60 bits per heavy atom. The molecule has 0 amide bonds. The molecule has 0 aromatic heterocycles.